The molecule has 1 aromatic rings. The Bertz CT molecular complexity index is 414. The van der Waals surface area contributed by atoms with Gasteiger partial charge in [-0.05, 0) is 30.3 Å². The zero-order valence-corrected chi connectivity index (χ0v) is 11.2. The van der Waals surface area contributed by atoms with E-state index in [-0.39, 0.29) is 5.84 Å². The molecule has 0 unspecified atom stereocenters. The van der Waals surface area contributed by atoms with E-state index >= 15 is 0 Å². The van der Waals surface area contributed by atoms with Gasteiger partial charge in [0.2, 0.25) is 0 Å². The summed E-state index contributed by atoms with van der Waals surface area (Å²) >= 11 is 2.03. The van der Waals surface area contributed by atoms with Crippen molar-refractivity contribution in [2.24, 2.45) is 10.9 Å². The smallest absolute Gasteiger partial charge is 0.170 e. The fraction of sp³-hybridized carbons (Fsp3) is 0.462. The topological polar surface area (TPSA) is 61.9 Å². The minimum absolute atomic E-state index is 0.170. The zero-order chi connectivity index (χ0) is 12.8. The Morgan fingerprint density at radius 3 is 3.11 bits per heavy atom. The Morgan fingerprint density at radius 2 is 2.28 bits per heavy atom. The first-order valence-electron chi connectivity index (χ1n) is 6.16. The summed E-state index contributed by atoms with van der Waals surface area (Å²) in [5, 5.41) is 11.7. The van der Waals surface area contributed by atoms with E-state index in [0.717, 1.165) is 25.2 Å². The molecule has 0 bridgehead atoms. The van der Waals surface area contributed by atoms with Gasteiger partial charge in [0, 0.05) is 24.4 Å². The van der Waals surface area contributed by atoms with Crippen molar-refractivity contribution in [3.8, 4) is 0 Å². The summed E-state index contributed by atoms with van der Waals surface area (Å²) in [6, 6.07) is 7.89. The third-order valence-electron chi connectivity index (χ3n) is 3.05. The molecule has 0 saturated carbocycles. The standard InChI is InChI=1S/C13H19N3OS/c14-13(15-17)12-4-1-3-11(9-12)10-16-5-2-7-18-8-6-16/h1,3-4,9,17H,2,5-8,10H2,(H2,14,15). The first-order chi connectivity index (χ1) is 8.79. The molecule has 18 heavy (non-hydrogen) atoms. The summed E-state index contributed by atoms with van der Waals surface area (Å²) in [5.74, 6) is 2.64. The SMILES string of the molecule is NC(=NO)c1cccc(CN2CCCSCC2)c1. The van der Waals surface area contributed by atoms with Gasteiger partial charge in [-0.15, -0.1) is 0 Å². The minimum Gasteiger partial charge on any atom is -0.409 e. The second-order valence-corrected chi connectivity index (χ2v) is 5.65. The number of amidine groups is 1. The van der Waals surface area contributed by atoms with Gasteiger partial charge < -0.3 is 10.9 Å². The van der Waals surface area contributed by atoms with Crippen LogP contribution in [0.2, 0.25) is 0 Å². The van der Waals surface area contributed by atoms with Gasteiger partial charge in [0.05, 0.1) is 0 Å². The van der Waals surface area contributed by atoms with E-state index in [2.05, 4.69) is 16.1 Å². The predicted octanol–water partition coefficient (Wildman–Crippen LogP) is 1.72. The van der Waals surface area contributed by atoms with Gasteiger partial charge in [-0.3, -0.25) is 4.90 Å². The number of benzene rings is 1. The van der Waals surface area contributed by atoms with E-state index in [1.807, 2.05) is 30.0 Å². The lowest BCUT2D eigenvalue weighted by Gasteiger charge is -2.19. The normalized spacial score (nSPS) is 18.6. The molecule has 4 nitrogen and oxygen atoms in total. The monoisotopic (exact) mass is 265 g/mol. The summed E-state index contributed by atoms with van der Waals surface area (Å²) in [6.07, 6.45) is 1.25. The van der Waals surface area contributed by atoms with Crippen LogP contribution in [0.4, 0.5) is 0 Å². The van der Waals surface area contributed by atoms with Gasteiger partial charge in [0.1, 0.15) is 0 Å². The molecule has 1 aromatic carbocycles. The molecule has 1 aliphatic rings. The van der Waals surface area contributed by atoms with Crippen molar-refractivity contribution in [2.45, 2.75) is 13.0 Å². The minimum atomic E-state index is 0.170. The molecule has 0 atom stereocenters. The Balaban J connectivity index is 2.04. The quantitative estimate of drug-likeness (QED) is 0.378. The molecule has 0 aromatic heterocycles. The van der Waals surface area contributed by atoms with Crippen LogP contribution >= 0.6 is 11.8 Å². The fourth-order valence-electron chi connectivity index (χ4n) is 2.10. The highest BCUT2D eigenvalue weighted by Gasteiger charge is 2.10. The van der Waals surface area contributed by atoms with Crippen LogP contribution in [0.25, 0.3) is 0 Å². The molecule has 3 N–H and O–H groups in total. The van der Waals surface area contributed by atoms with Crippen molar-refractivity contribution < 1.29 is 5.21 Å². The van der Waals surface area contributed by atoms with Gasteiger partial charge in [0.15, 0.2) is 5.84 Å². The first-order valence-corrected chi connectivity index (χ1v) is 7.32. The summed E-state index contributed by atoms with van der Waals surface area (Å²) < 4.78 is 0. The Kier molecular flexibility index (Phi) is 4.90. The summed E-state index contributed by atoms with van der Waals surface area (Å²) in [4.78, 5) is 2.46. The van der Waals surface area contributed by atoms with Crippen molar-refractivity contribution in [2.75, 3.05) is 24.6 Å². The van der Waals surface area contributed by atoms with Crippen LogP contribution in [-0.4, -0.2) is 40.5 Å². The largest absolute Gasteiger partial charge is 0.409 e. The molecule has 0 aliphatic carbocycles. The lowest BCUT2D eigenvalue weighted by molar-refractivity contribution is 0.287. The number of hydrogen-bond donors (Lipinski definition) is 2. The Morgan fingerprint density at radius 1 is 1.39 bits per heavy atom. The summed E-state index contributed by atoms with van der Waals surface area (Å²) in [5.41, 5.74) is 7.60. The van der Waals surface area contributed by atoms with Crippen LogP contribution < -0.4 is 5.73 Å². The van der Waals surface area contributed by atoms with Crippen LogP contribution in [0, 0.1) is 0 Å². The van der Waals surface area contributed by atoms with Crippen LogP contribution in [-0.2, 0) is 6.54 Å². The lowest BCUT2D eigenvalue weighted by Crippen LogP contribution is -2.25. The predicted molar refractivity (Wildman–Crippen MR) is 76.2 cm³/mol. The van der Waals surface area contributed by atoms with Gasteiger partial charge in [-0.25, -0.2) is 0 Å². The number of thioether (sulfide) groups is 1. The van der Waals surface area contributed by atoms with E-state index in [4.69, 9.17) is 10.9 Å². The number of hydrogen-bond acceptors (Lipinski definition) is 4. The number of nitrogens with two attached hydrogens (primary N) is 1. The van der Waals surface area contributed by atoms with Gasteiger partial charge in [0.25, 0.3) is 0 Å². The number of nitrogens with zero attached hydrogens (tertiary/aromatic N) is 2. The van der Waals surface area contributed by atoms with E-state index in [9.17, 15) is 0 Å². The first kappa shape index (κ1) is 13.2. The molecule has 0 spiro atoms. The van der Waals surface area contributed by atoms with Crippen LogP contribution in [0.15, 0.2) is 29.4 Å². The lowest BCUT2D eigenvalue weighted by atomic mass is 10.1. The molecule has 0 amide bonds. The summed E-state index contributed by atoms with van der Waals surface area (Å²) in [6.45, 7) is 3.23. The van der Waals surface area contributed by atoms with E-state index in [1.165, 1.54) is 23.5 Å². The molecule has 1 saturated heterocycles. The number of rotatable bonds is 3. The third kappa shape index (κ3) is 3.65. The van der Waals surface area contributed by atoms with Gasteiger partial charge >= 0.3 is 0 Å². The van der Waals surface area contributed by atoms with Gasteiger partial charge in [-0.2, -0.15) is 11.8 Å². The second kappa shape index (κ2) is 6.66. The van der Waals surface area contributed by atoms with Crippen molar-refractivity contribution >= 4 is 17.6 Å². The second-order valence-electron chi connectivity index (χ2n) is 4.43. The van der Waals surface area contributed by atoms with Crippen molar-refractivity contribution in [1.29, 1.82) is 0 Å². The molecule has 1 aliphatic heterocycles. The van der Waals surface area contributed by atoms with E-state index in [0.29, 0.717) is 0 Å². The highest BCUT2D eigenvalue weighted by molar-refractivity contribution is 7.99. The van der Waals surface area contributed by atoms with Crippen LogP contribution in [0.3, 0.4) is 0 Å². The Labute approximate surface area is 112 Å². The zero-order valence-electron chi connectivity index (χ0n) is 10.4. The van der Waals surface area contributed by atoms with Crippen LogP contribution in [0.5, 0.6) is 0 Å². The van der Waals surface area contributed by atoms with E-state index < -0.39 is 0 Å². The van der Waals surface area contributed by atoms with Gasteiger partial charge in [-0.1, -0.05) is 23.4 Å². The average Bonchev–Trinajstić information content (AvgIpc) is 2.67. The molecule has 1 heterocycles. The molecule has 5 heteroatoms. The molecular weight excluding hydrogens is 246 g/mol. The maximum atomic E-state index is 8.69. The maximum Gasteiger partial charge on any atom is 0.170 e. The summed E-state index contributed by atoms with van der Waals surface area (Å²) in [7, 11) is 0. The highest BCUT2D eigenvalue weighted by atomic mass is 32.2. The van der Waals surface area contributed by atoms with Crippen molar-refractivity contribution in [3.05, 3.63) is 35.4 Å². The third-order valence-corrected chi connectivity index (χ3v) is 4.10. The molecule has 2 rings (SSSR count). The number of oxime groups is 1. The highest BCUT2D eigenvalue weighted by Crippen LogP contribution is 2.14. The molecule has 0 radical (unpaired) electrons. The molecule has 1 fully saturated rings. The fourth-order valence-corrected chi connectivity index (χ4v) is 3.03. The van der Waals surface area contributed by atoms with Crippen molar-refractivity contribution in [1.82, 2.24) is 4.90 Å². The Hall–Kier alpha value is -1.20. The van der Waals surface area contributed by atoms with Crippen molar-refractivity contribution in [3.63, 3.8) is 0 Å². The maximum absolute atomic E-state index is 8.69. The molecule has 98 valence electrons. The molecular formula is C13H19N3OS. The van der Waals surface area contributed by atoms with E-state index in [1.54, 1.807) is 0 Å². The average molecular weight is 265 g/mol. The van der Waals surface area contributed by atoms with Crippen LogP contribution in [0.1, 0.15) is 17.5 Å².